The van der Waals surface area contributed by atoms with E-state index in [2.05, 4.69) is 16.8 Å². The highest BCUT2D eigenvalue weighted by Crippen LogP contribution is 2.35. The van der Waals surface area contributed by atoms with Crippen molar-refractivity contribution in [2.45, 2.75) is 50.7 Å². The summed E-state index contributed by atoms with van der Waals surface area (Å²) in [5, 5.41) is 0.741. The number of rotatable bonds is 5. The zero-order chi connectivity index (χ0) is 23.9. The molecule has 1 aromatic heterocycles. The van der Waals surface area contributed by atoms with Crippen molar-refractivity contribution in [3.63, 3.8) is 0 Å². The maximum absolute atomic E-state index is 14.0. The number of para-hydroxylation sites is 1. The average Bonchev–Trinajstić information content (AvgIpc) is 3.57. The summed E-state index contributed by atoms with van der Waals surface area (Å²) in [6.07, 6.45) is 4.80. The van der Waals surface area contributed by atoms with Gasteiger partial charge in [-0.1, -0.05) is 25.1 Å². The van der Waals surface area contributed by atoms with E-state index >= 15 is 0 Å². The van der Waals surface area contributed by atoms with Gasteiger partial charge in [-0.2, -0.15) is 0 Å². The number of aromatic nitrogens is 1. The highest BCUT2D eigenvalue weighted by Gasteiger charge is 2.46. The van der Waals surface area contributed by atoms with Crippen molar-refractivity contribution >= 4 is 16.8 Å². The number of nitrogens with zero attached hydrogens (tertiary/aromatic N) is 3. The molecule has 2 aromatic carbocycles. The third-order valence-corrected chi connectivity index (χ3v) is 7.51. The van der Waals surface area contributed by atoms with Gasteiger partial charge < -0.3 is 10.6 Å². The van der Waals surface area contributed by atoms with Crippen LogP contribution < -0.4 is 5.73 Å². The van der Waals surface area contributed by atoms with E-state index in [-0.39, 0.29) is 11.9 Å². The van der Waals surface area contributed by atoms with Gasteiger partial charge in [-0.15, -0.1) is 0 Å². The Labute approximate surface area is 198 Å². The Balaban J connectivity index is 1.57. The van der Waals surface area contributed by atoms with Crippen LogP contribution in [-0.4, -0.2) is 52.0 Å². The number of fused-ring (bicyclic) bond motifs is 1. The van der Waals surface area contributed by atoms with E-state index in [1.807, 2.05) is 29.2 Å². The molecule has 34 heavy (non-hydrogen) atoms. The van der Waals surface area contributed by atoms with Gasteiger partial charge in [0, 0.05) is 17.5 Å². The minimum Gasteiger partial charge on any atom is -0.332 e. The monoisotopic (exact) mass is 464 g/mol. The highest BCUT2D eigenvalue weighted by atomic mass is 19.2. The van der Waals surface area contributed by atoms with Crippen LogP contribution in [0.15, 0.2) is 48.5 Å². The second-order valence-electron chi connectivity index (χ2n) is 9.40. The predicted molar refractivity (Wildman–Crippen MR) is 129 cm³/mol. The molecule has 5 nitrogen and oxygen atoms in total. The van der Waals surface area contributed by atoms with Crippen LogP contribution in [0.4, 0.5) is 8.78 Å². The van der Waals surface area contributed by atoms with E-state index in [4.69, 9.17) is 5.73 Å². The summed E-state index contributed by atoms with van der Waals surface area (Å²) in [7, 11) is 0. The van der Waals surface area contributed by atoms with Crippen LogP contribution >= 0.6 is 0 Å². The minimum absolute atomic E-state index is 0.0817. The Hall–Kier alpha value is -2.90. The van der Waals surface area contributed by atoms with Crippen LogP contribution in [0.25, 0.3) is 22.2 Å². The highest BCUT2D eigenvalue weighted by molar-refractivity contribution is 6.07. The fourth-order valence-electron chi connectivity index (χ4n) is 5.64. The molecule has 0 spiro atoms. The molecule has 1 amide bonds. The summed E-state index contributed by atoms with van der Waals surface area (Å²) >= 11 is 0. The van der Waals surface area contributed by atoms with Crippen LogP contribution in [-0.2, 0) is 0 Å². The van der Waals surface area contributed by atoms with Crippen LogP contribution in [0.3, 0.4) is 0 Å². The van der Waals surface area contributed by atoms with Crippen molar-refractivity contribution in [1.82, 2.24) is 14.8 Å². The SMILES string of the molecule is CCC(N)(C1CCCN1C(=O)c1cc(-c2ccc(F)c(F)c2)nc2ccccc12)N1CCCC1. The van der Waals surface area contributed by atoms with Gasteiger partial charge in [0.25, 0.3) is 5.91 Å². The summed E-state index contributed by atoms with van der Waals surface area (Å²) in [4.78, 5) is 23.0. The van der Waals surface area contributed by atoms with Gasteiger partial charge >= 0.3 is 0 Å². The van der Waals surface area contributed by atoms with E-state index < -0.39 is 17.3 Å². The third kappa shape index (κ3) is 3.87. The lowest BCUT2D eigenvalue weighted by Gasteiger charge is -2.46. The fourth-order valence-corrected chi connectivity index (χ4v) is 5.64. The second kappa shape index (κ2) is 9.04. The number of halogens is 2. The normalized spacial score (nSPS) is 20.7. The summed E-state index contributed by atoms with van der Waals surface area (Å²) in [6, 6.07) is 12.8. The summed E-state index contributed by atoms with van der Waals surface area (Å²) in [5.41, 5.74) is 8.47. The molecule has 0 aliphatic carbocycles. The average molecular weight is 465 g/mol. The van der Waals surface area contributed by atoms with Gasteiger partial charge in [-0.3, -0.25) is 9.69 Å². The van der Waals surface area contributed by atoms with Crippen molar-refractivity contribution in [2.24, 2.45) is 5.73 Å². The minimum atomic E-state index is -0.943. The molecule has 3 heterocycles. The van der Waals surface area contributed by atoms with E-state index in [0.29, 0.717) is 28.9 Å². The Kier molecular flexibility index (Phi) is 6.08. The maximum atomic E-state index is 14.0. The second-order valence-corrected chi connectivity index (χ2v) is 9.40. The zero-order valence-electron chi connectivity index (χ0n) is 19.4. The molecule has 5 rings (SSSR count). The molecule has 2 fully saturated rings. The van der Waals surface area contributed by atoms with Crippen molar-refractivity contribution < 1.29 is 13.6 Å². The smallest absolute Gasteiger partial charge is 0.254 e. The number of benzene rings is 2. The zero-order valence-corrected chi connectivity index (χ0v) is 19.4. The first-order chi connectivity index (χ1) is 16.4. The quantitative estimate of drug-likeness (QED) is 0.581. The number of nitrogens with two attached hydrogens (primary N) is 1. The molecule has 2 aliphatic heterocycles. The molecule has 3 aromatic rings. The molecular weight excluding hydrogens is 434 g/mol. The molecule has 2 unspecified atom stereocenters. The maximum Gasteiger partial charge on any atom is 0.254 e. The molecular formula is C27H30F2N4O. The van der Waals surface area contributed by atoms with E-state index in [0.717, 1.165) is 62.7 Å². The van der Waals surface area contributed by atoms with Gasteiger partial charge in [0.15, 0.2) is 11.6 Å². The number of pyridine rings is 1. The number of hydrogen-bond donors (Lipinski definition) is 1. The summed E-state index contributed by atoms with van der Waals surface area (Å²) in [6.45, 7) is 4.67. The van der Waals surface area contributed by atoms with E-state index in [9.17, 15) is 13.6 Å². The van der Waals surface area contributed by atoms with Crippen molar-refractivity contribution in [2.75, 3.05) is 19.6 Å². The van der Waals surface area contributed by atoms with Crippen molar-refractivity contribution in [3.05, 3.63) is 65.7 Å². The number of hydrogen-bond acceptors (Lipinski definition) is 4. The molecule has 0 radical (unpaired) electrons. The standard InChI is InChI=1S/C27H30F2N4O/c1-2-27(30,32-13-5-6-14-32)25-10-7-15-33(25)26(34)20-17-24(18-11-12-21(28)22(29)16-18)31-23-9-4-3-8-19(20)23/h3-4,8-9,11-12,16-17,25H,2,5-7,10,13-15,30H2,1H3. The van der Waals surface area contributed by atoms with E-state index in [1.54, 1.807) is 6.07 Å². The first-order valence-electron chi connectivity index (χ1n) is 12.1. The Morgan fingerprint density at radius 3 is 2.56 bits per heavy atom. The number of likely N-dealkylation sites (tertiary alicyclic amines) is 2. The molecule has 2 saturated heterocycles. The van der Waals surface area contributed by atoms with Crippen LogP contribution in [0.2, 0.25) is 0 Å². The van der Waals surface area contributed by atoms with Crippen LogP contribution in [0, 0.1) is 11.6 Å². The lowest BCUT2D eigenvalue weighted by atomic mass is 9.93. The molecule has 178 valence electrons. The number of carbonyl (C=O) groups excluding carboxylic acids is 1. The topological polar surface area (TPSA) is 62.5 Å². The number of carbonyl (C=O) groups is 1. The van der Waals surface area contributed by atoms with Gasteiger partial charge in [-0.05, 0) is 75.5 Å². The predicted octanol–water partition coefficient (Wildman–Crippen LogP) is 4.95. The largest absolute Gasteiger partial charge is 0.332 e. The molecule has 0 bridgehead atoms. The first kappa shape index (κ1) is 22.9. The fraction of sp³-hybridized carbons (Fsp3) is 0.407. The van der Waals surface area contributed by atoms with Crippen LogP contribution in [0.5, 0.6) is 0 Å². The third-order valence-electron chi connectivity index (χ3n) is 7.51. The van der Waals surface area contributed by atoms with Crippen LogP contribution in [0.1, 0.15) is 49.4 Å². The van der Waals surface area contributed by atoms with Gasteiger partial charge in [-0.25, -0.2) is 13.8 Å². The van der Waals surface area contributed by atoms with E-state index in [1.165, 1.54) is 6.07 Å². The van der Waals surface area contributed by atoms with Crippen molar-refractivity contribution in [1.29, 1.82) is 0 Å². The Bertz CT molecular complexity index is 1230. The van der Waals surface area contributed by atoms with Gasteiger partial charge in [0.05, 0.1) is 28.5 Å². The van der Waals surface area contributed by atoms with Crippen molar-refractivity contribution in [3.8, 4) is 11.3 Å². The molecule has 2 atom stereocenters. The lowest BCUT2D eigenvalue weighted by molar-refractivity contribution is 0.0240. The first-order valence-corrected chi connectivity index (χ1v) is 12.1. The number of amides is 1. The van der Waals surface area contributed by atoms with Gasteiger partial charge in [0.1, 0.15) is 0 Å². The Morgan fingerprint density at radius 2 is 1.82 bits per heavy atom. The molecule has 0 saturated carbocycles. The summed E-state index contributed by atoms with van der Waals surface area (Å²) < 4.78 is 27.5. The molecule has 2 aliphatic rings. The van der Waals surface area contributed by atoms with Gasteiger partial charge in [0.2, 0.25) is 0 Å². The lowest BCUT2D eigenvalue weighted by Crippen LogP contribution is -2.66. The Morgan fingerprint density at radius 1 is 1.06 bits per heavy atom. The molecule has 7 heteroatoms. The summed E-state index contributed by atoms with van der Waals surface area (Å²) in [5.74, 6) is -1.95. The molecule has 2 N–H and O–H groups in total.